The third-order valence-electron chi connectivity index (χ3n) is 3.45. The molecule has 20 heavy (non-hydrogen) atoms. The van der Waals surface area contributed by atoms with E-state index in [1.54, 1.807) is 0 Å². The topological polar surface area (TPSA) is 73.6 Å². The Kier molecular flexibility index (Phi) is 4.49. The molecule has 0 aliphatic carbocycles. The van der Waals surface area contributed by atoms with Gasteiger partial charge in [-0.05, 0) is 30.5 Å². The van der Waals surface area contributed by atoms with Gasteiger partial charge in [0.05, 0.1) is 12.1 Å². The minimum absolute atomic E-state index is 0.113. The molecule has 1 aliphatic rings. The first-order chi connectivity index (χ1) is 9.49. The lowest BCUT2D eigenvalue weighted by Gasteiger charge is -2.22. The van der Waals surface area contributed by atoms with E-state index in [1.165, 1.54) is 0 Å². The Hall–Kier alpha value is -1.75. The molecule has 0 spiro atoms. The molecule has 1 unspecified atom stereocenters. The van der Waals surface area contributed by atoms with Crippen molar-refractivity contribution in [3.63, 3.8) is 0 Å². The highest BCUT2D eigenvalue weighted by Gasteiger charge is 2.20. The predicted octanol–water partition coefficient (Wildman–Crippen LogP) is 1.62. The molecule has 2 atom stereocenters. The summed E-state index contributed by atoms with van der Waals surface area (Å²) in [5.41, 5.74) is 6.81. The van der Waals surface area contributed by atoms with Gasteiger partial charge in [-0.1, -0.05) is 19.9 Å². The Morgan fingerprint density at radius 2 is 1.85 bits per heavy atom. The fourth-order valence-electron chi connectivity index (χ4n) is 2.02. The molecule has 1 heterocycles. The first kappa shape index (κ1) is 14.7. The normalized spacial score (nSPS) is 16.6. The number of fused-ring (bicyclic) bond motifs is 1. The van der Waals surface area contributed by atoms with Crippen LogP contribution < -0.4 is 20.5 Å². The molecular weight excluding hydrogens is 256 g/mol. The van der Waals surface area contributed by atoms with Crippen molar-refractivity contribution in [2.24, 2.45) is 11.7 Å². The second kappa shape index (κ2) is 6.13. The van der Waals surface area contributed by atoms with E-state index in [2.05, 4.69) is 5.32 Å². The largest absolute Gasteiger partial charge is 0.486 e. The summed E-state index contributed by atoms with van der Waals surface area (Å²) in [6, 6.07) is 5.09. The summed E-state index contributed by atoms with van der Waals surface area (Å²) < 4.78 is 11.0. The monoisotopic (exact) mass is 278 g/mol. The van der Waals surface area contributed by atoms with Crippen LogP contribution in [0.25, 0.3) is 0 Å². The van der Waals surface area contributed by atoms with E-state index in [-0.39, 0.29) is 17.9 Å². The number of carbonyl (C=O) groups excluding carboxylic acids is 1. The van der Waals surface area contributed by atoms with Crippen LogP contribution in [0, 0.1) is 5.92 Å². The highest BCUT2D eigenvalue weighted by atomic mass is 16.6. The van der Waals surface area contributed by atoms with Crippen molar-refractivity contribution < 1.29 is 14.3 Å². The fourth-order valence-corrected chi connectivity index (χ4v) is 2.02. The molecule has 0 fully saturated rings. The van der Waals surface area contributed by atoms with Crippen LogP contribution in [-0.2, 0) is 4.79 Å². The summed E-state index contributed by atoms with van der Waals surface area (Å²) >= 11 is 0. The van der Waals surface area contributed by atoms with E-state index >= 15 is 0 Å². The van der Waals surface area contributed by atoms with Gasteiger partial charge in [0.1, 0.15) is 13.2 Å². The number of rotatable bonds is 4. The smallest absolute Gasteiger partial charge is 0.237 e. The molecule has 1 aromatic rings. The molecule has 1 aliphatic heterocycles. The number of ether oxygens (including phenoxy) is 2. The molecule has 0 bridgehead atoms. The van der Waals surface area contributed by atoms with Crippen molar-refractivity contribution in [2.75, 3.05) is 13.2 Å². The van der Waals surface area contributed by atoms with Gasteiger partial charge in [0.25, 0.3) is 0 Å². The Morgan fingerprint density at radius 1 is 1.20 bits per heavy atom. The second-order valence-electron chi connectivity index (χ2n) is 5.40. The standard InChI is InChI=1S/C15H22N2O3/c1-9(2)14(16)15(18)17-10(3)11-4-5-12-13(8-11)20-7-6-19-12/h4-5,8-10,14H,6-7,16H2,1-3H3,(H,17,18)/t10?,14-/m1/s1. The molecule has 1 aromatic carbocycles. The molecular formula is C15H22N2O3. The van der Waals surface area contributed by atoms with Gasteiger partial charge in [0.15, 0.2) is 11.5 Å². The minimum atomic E-state index is -0.491. The van der Waals surface area contributed by atoms with Gasteiger partial charge in [-0.25, -0.2) is 0 Å². The number of nitrogens with two attached hydrogens (primary N) is 1. The van der Waals surface area contributed by atoms with Crippen molar-refractivity contribution in [3.8, 4) is 11.5 Å². The quantitative estimate of drug-likeness (QED) is 0.877. The number of hydrogen-bond acceptors (Lipinski definition) is 4. The van der Waals surface area contributed by atoms with Gasteiger partial charge in [-0.2, -0.15) is 0 Å². The molecule has 0 saturated carbocycles. The maximum absolute atomic E-state index is 12.0. The van der Waals surface area contributed by atoms with Crippen molar-refractivity contribution in [2.45, 2.75) is 32.9 Å². The molecule has 0 saturated heterocycles. The molecule has 5 heteroatoms. The van der Waals surface area contributed by atoms with E-state index in [9.17, 15) is 4.79 Å². The number of nitrogens with one attached hydrogen (secondary N) is 1. The number of benzene rings is 1. The highest BCUT2D eigenvalue weighted by Crippen LogP contribution is 2.32. The van der Waals surface area contributed by atoms with E-state index in [0.29, 0.717) is 13.2 Å². The van der Waals surface area contributed by atoms with Crippen LogP contribution in [0.1, 0.15) is 32.4 Å². The number of amides is 1. The zero-order chi connectivity index (χ0) is 14.7. The molecule has 0 aromatic heterocycles. The van der Waals surface area contributed by atoms with E-state index in [0.717, 1.165) is 17.1 Å². The van der Waals surface area contributed by atoms with Crippen LogP contribution in [0.5, 0.6) is 11.5 Å². The number of hydrogen-bond donors (Lipinski definition) is 2. The Morgan fingerprint density at radius 3 is 2.50 bits per heavy atom. The fraction of sp³-hybridized carbons (Fsp3) is 0.533. The van der Waals surface area contributed by atoms with Gasteiger partial charge in [0, 0.05) is 0 Å². The minimum Gasteiger partial charge on any atom is -0.486 e. The summed E-state index contributed by atoms with van der Waals surface area (Å²) in [6.45, 7) is 6.91. The van der Waals surface area contributed by atoms with E-state index in [1.807, 2.05) is 39.0 Å². The van der Waals surface area contributed by atoms with Crippen LogP contribution in [0.4, 0.5) is 0 Å². The molecule has 3 N–H and O–H groups in total. The summed E-state index contributed by atoms with van der Waals surface area (Å²) in [5, 5.41) is 2.92. The van der Waals surface area contributed by atoms with E-state index < -0.39 is 6.04 Å². The van der Waals surface area contributed by atoms with Crippen molar-refractivity contribution in [1.29, 1.82) is 0 Å². The summed E-state index contributed by atoms with van der Waals surface area (Å²) in [5.74, 6) is 1.45. The van der Waals surface area contributed by atoms with Gasteiger partial charge in [-0.3, -0.25) is 4.79 Å². The lowest BCUT2D eigenvalue weighted by atomic mass is 10.0. The second-order valence-corrected chi connectivity index (χ2v) is 5.40. The van der Waals surface area contributed by atoms with Crippen LogP contribution in [-0.4, -0.2) is 25.2 Å². The maximum Gasteiger partial charge on any atom is 0.237 e. The zero-order valence-corrected chi connectivity index (χ0v) is 12.2. The van der Waals surface area contributed by atoms with Crippen LogP contribution >= 0.6 is 0 Å². The number of carbonyl (C=O) groups is 1. The highest BCUT2D eigenvalue weighted by molar-refractivity contribution is 5.82. The van der Waals surface area contributed by atoms with Crippen LogP contribution in [0.15, 0.2) is 18.2 Å². The van der Waals surface area contributed by atoms with Crippen molar-refractivity contribution in [3.05, 3.63) is 23.8 Å². The van der Waals surface area contributed by atoms with Gasteiger partial charge < -0.3 is 20.5 Å². The SMILES string of the molecule is CC(NC(=O)[C@H](N)C(C)C)c1ccc2c(c1)OCCO2. The Balaban J connectivity index is 2.06. The van der Waals surface area contributed by atoms with E-state index in [4.69, 9.17) is 15.2 Å². The summed E-state index contributed by atoms with van der Waals surface area (Å²) in [4.78, 5) is 12.0. The Labute approximate surface area is 119 Å². The van der Waals surface area contributed by atoms with Crippen molar-refractivity contribution >= 4 is 5.91 Å². The lowest BCUT2D eigenvalue weighted by molar-refractivity contribution is -0.123. The zero-order valence-electron chi connectivity index (χ0n) is 12.2. The maximum atomic E-state index is 12.0. The predicted molar refractivity (Wildman–Crippen MR) is 76.8 cm³/mol. The average molecular weight is 278 g/mol. The molecule has 110 valence electrons. The first-order valence-corrected chi connectivity index (χ1v) is 6.94. The van der Waals surface area contributed by atoms with Crippen LogP contribution in [0.2, 0.25) is 0 Å². The third kappa shape index (κ3) is 3.22. The summed E-state index contributed by atoms with van der Waals surface area (Å²) in [6.07, 6.45) is 0. The van der Waals surface area contributed by atoms with Crippen molar-refractivity contribution in [1.82, 2.24) is 5.32 Å². The summed E-state index contributed by atoms with van der Waals surface area (Å²) in [7, 11) is 0. The molecule has 1 amide bonds. The van der Waals surface area contributed by atoms with Gasteiger partial charge in [0.2, 0.25) is 5.91 Å². The van der Waals surface area contributed by atoms with Gasteiger partial charge >= 0.3 is 0 Å². The Bertz CT molecular complexity index is 488. The lowest BCUT2D eigenvalue weighted by Crippen LogP contribution is -2.44. The average Bonchev–Trinajstić information content (AvgIpc) is 2.45. The first-order valence-electron chi connectivity index (χ1n) is 6.94. The molecule has 5 nitrogen and oxygen atoms in total. The third-order valence-corrected chi connectivity index (χ3v) is 3.45. The molecule has 2 rings (SSSR count). The molecule has 0 radical (unpaired) electrons. The van der Waals surface area contributed by atoms with Crippen LogP contribution in [0.3, 0.4) is 0 Å². The van der Waals surface area contributed by atoms with Gasteiger partial charge in [-0.15, -0.1) is 0 Å².